The van der Waals surface area contributed by atoms with Crippen molar-refractivity contribution in [2.24, 2.45) is 11.8 Å². The lowest BCUT2D eigenvalue weighted by Gasteiger charge is -2.23. The Bertz CT molecular complexity index is 209. The molecule has 1 fully saturated rings. The number of hydrogen-bond acceptors (Lipinski definition) is 3. The molecule has 4 nitrogen and oxygen atoms in total. The van der Waals surface area contributed by atoms with Gasteiger partial charge in [0.05, 0.1) is 5.92 Å². The number of carbonyl (C=O) groups excluding carboxylic acids is 1. The molecule has 0 aromatic carbocycles. The van der Waals surface area contributed by atoms with Gasteiger partial charge in [-0.05, 0) is 38.1 Å². The summed E-state index contributed by atoms with van der Waals surface area (Å²) in [6, 6.07) is 0. The maximum atomic E-state index is 11.9. The molecule has 0 aliphatic carbocycles. The topological polar surface area (TPSA) is 61.4 Å². The van der Waals surface area contributed by atoms with Gasteiger partial charge >= 0.3 is 0 Å². The van der Waals surface area contributed by atoms with Gasteiger partial charge in [0.15, 0.2) is 0 Å². The van der Waals surface area contributed by atoms with Crippen molar-refractivity contribution < 1.29 is 9.90 Å². The first-order chi connectivity index (χ1) is 8.27. The van der Waals surface area contributed by atoms with E-state index in [1.807, 2.05) is 0 Å². The largest absolute Gasteiger partial charge is 0.396 e. The first kappa shape index (κ1) is 14.5. The van der Waals surface area contributed by atoms with Crippen molar-refractivity contribution in [3.8, 4) is 0 Å². The van der Waals surface area contributed by atoms with Gasteiger partial charge < -0.3 is 15.7 Å². The predicted molar refractivity (Wildman–Crippen MR) is 68.7 cm³/mol. The molecule has 100 valence electrons. The number of aliphatic hydroxyl groups excluding tert-OH is 1. The highest BCUT2D eigenvalue weighted by Crippen LogP contribution is 2.12. The molecule has 0 bridgehead atoms. The molecule has 0 radical (unpaired) electrons. The molecule has 1 heterocycles. The second-order valence-electron chi connectivity index (χ2n) is 4.96. The van der Waals surface area contributed by atoms with Crippen molar-refractivity contribution in [1.29, 1.82) is 0 Å². The van der Waals surface area contributed by atoms with Gasteiger partial charge in [0.1, 0.15) is 0 Å². The smallest absolute Gasteiger partial charge is 0.224 e. The van der Waals surface area contributed by atoms with Crippen molar-refractivity contribution in [2.45, 2.75) is 39.0 Å². The van der Waals surface area contributed by atoms with Crippen LogP contribution < -0.4 is 10.6 Å². The molecule has 1 amide bonds. The van der Waals surface area contributed by atoms with Crippen molar-refractivity contribution in [2.75, 3.05) is 26.2 Å². The van der Waals surface area contributed by atoms with Crippen LogP contribution in [-0.2, 0) is 4.79 Å². The molecular formula is C13H26N2O2. The fourth-order valence-electron chi connectivity index (χ4n) is 2.40. The van der Waals surface area contributed by atoms with Crippen LogP contribution in [-0.4, -0.2) is 37.3 Å². The number of hydrogen-bond donors (Lipinski definition) is 3. The highest BCUT2D eigenvalue weighted by molar-refractivity contribution is 5.78. The van der Waals surface area contributed by atoms with Crippen LogP contribution in [0, 0.1) is 11.8 Å². The Morgan fingerprint density at radius 1 is 1.53 bits per heavy atom. The Balaban J connectivity index is 2.24. The number of rotatable bonds is 7. The van der Waals surface area contributed by atoms with E-state index >= 15 is 0 Å². The van der Waals surface area contributed by atoms with Crippen LogP contribution in [0.5, 0.6) is 0 Å². The third-order valence-electron chi connectivity index (χ3n) is 3.47. The summed E-state index contributed by atoms with van der Waals surface area (Å²) in [7, 11) is 0. The lowest BCUT2D eigenvalue weighted by molar-refractivity contribution is -0.125. The summed E-state index contributed by atoms with van der Waals surface area (Å²) in [6.07, 6.45) is 5.05. The van der Waals surface area contributed by atoms with Crippen LogP contribution in [0.25, 0.3) is 0 Å². The van der Waals surface area contributed by atoms with Crippen LogP contribution in [0.15, 0.2) is 0 Å². The minimum absolute atomic E-state index is 0.139. The van der Waals surface area contributed by atoms with Gasteiger partial charge in [0.25, 0.3) is 0 Å². The van der Waals surface area contributed by atoms with Crippen LogP contribution >= 0.6 is 0 Å². The second kappa shape index (κ2) is 8.48. The van der Waals surface area contributed by atoms with E-state index in [1.165, 1.54) is 0 Å². The summed E-state index contributed by atoms with van der Waals surface area (Å²) in [6.45, 7) is 4.91. The Labute approximate surface area is 104 Å². The van der Waals surface area contributed by atoms with Gasteiger partial charge in [-0.1, -0.05) is 13.3 Å². The number of piperidine rings is 1. The maximum absolute atomic E-state index is 11.9. The molecule has 1 saturated heterocycles. The van der Waals surface area contributed by atoms with Crippen LogP contribution in [0.4, 0.5) is 0 Å². The summed E-state index contributed by atoms with van der Waals surface area (Å²) < 4.78 is 0. The van der Waals surface area contributed by atoms with E-state index in [0.29, 0.717) is 12.5 Å². The van der Waals surface area contributed by atoms with E-state index in [0.717, 1.165) is 45.2 Å². The van der Waals surface area contributed by atoms with Gasteiger partial charge in [-0.15, -0.1) is 0 Å². The molecule has 1 aliphatic rings. The molecular weight excluding hydrogens is 216 g/mol. The molecule has 1 rings (SSSR count). The van der Waals surface area contributed by atoms with E-state index in [-0.39, 0.29) is 18.4 Å². The summed E-state index contributed by atoms with van der Waals surface area (Å²) in [5.41, 5.74) is 0. The monoisotopic (exact) mass is 242 g/mol. The van der Waals surface area contributed by atoms with Crippen molar-refractivity contribution in [3.05, 3.63) is 0 Å². The predicted octanol–water partition coefficient (Wildman–Crippen LogP) is 0.901. The number of nitrogens with one attached hydrogen (secondary N) is 2. The average molecular weight is 242 g/mol. The lowest BCUT2D eigenvalue weighted by atomic mass is 9.97. The average Bonchev–Trinajstić information content (AvgIpc) is 2.37. The zero-order valence-corrected chi connectivity index (χ0v) is 10.9. The van der Waals surface area contributed by atoms with Gasteiger partial charge in [-0.3, -0.25) is 4.79 Å². The van der Waals surface area contributed by atoms with Gasteiger partial charge in [-0.25, -0.2) is 0 Å². The third kappa shape index (κ3) is 5.50. The summed E-state index contributed by atoms with van der Waals surface area (Å²) in [5, 5.41) is 15.2. The highest BCUT2D eigenvalue weighted by atomic mass is 16.3. The Morgan fingerprint density at radius 3 is 2.94 bits per heavy atom. The zero-order chi connectivity index (χ0) is 12.5. The molecule has 0 aromatic heterocycles. The Hall–Kier alpha value is -0.610. The SMILES string of the molecule is CCCC(CCO)CNC(=O)[C@H]1CCCNC1. The number of amides is 1. The molecule has 17 heavy (non-hydrogen) atoms. The highest BCUT2D eigenvalue weighted by Gasteiger charge is 2.21. The summed E-state index contributed by atoms with van der Waals surface area (Å²) in [5.74, 6) is 0.738. The van der Waals surface area contributed by atoms with Crippen LogP contribution in [0.3, 0.4) is 0 Å². The first-order valence-electron chi connectivity index (χ1n) is 6.87. The molecule has 1 unspecified atom stereocenters. The zero-order valence-electron chi connectivity index (χ0n) is 10.9. The van der Waals surface area contributed by atoms with E-state index in [1.54, 1.807) is 0 Å². The summed E-state index contributed by atoms with van der Waals surface area (Å²) >= 11 is 0. The molecule has 4 heteroatoms. The normalized spacial score (nSPS) is 22.1. The Morgan fingerprint density at radius 2 is 2.35 bits per heavy atom. The fourth-order valence-corrected chi connectivity index (χ4v) is 2.40. The minimum Gasteiger partial charge on any atom is -0.396 e. The molecule has 0 spiro atoms. The number of carbonyl (C=O) groups is 1. The fraction of sp³-hybridized carbons (Fsp3) is 0.923. The van der Waals surface area contributed by atoms with Gasteiger partial charge in [0, 0.05) is 19.7 Å². The summed E-state index contributed by atoms with van der Waals surface area (Å²) in [4.78, 5) is 11.9. The molecule has 1 aliphatic heterocycles. The van der Waals surface area contributed by atoms with E-state index < -0.39 is 0 Å². The molecule has 3 N–H and O–H groups in total. The van der Waals surface area contributed by atoms with Crippen LogP contribution in [0.1, 0.15) is 39.0 Å². The first-order valence-corrected chi connectivity index (χ1v) is 6.87. The van der Waals surface area contributed by atoms with Crippen molar-refractivity contribution in [3.63, 3.8) is 0 Å². The van der Waals surface area contributed by atoms with Crippen molar-refractivity contribution >= 4 is 5.91 Å². The maximum Gasteiger partial charge on any atom is 0.224 e. The standard InChI is InChI=1S/C13H26N2O2/c1-2-4-11(6-8-16)9-15-13(17)12-5-3-7-14-10-12/h11-12,14,16H,2-10H2,1H3,(H,15,17)/t11?,12-/m0/s1. The second-order valence-corrected chi connectivity index (χ2v) is 4.96. The van der Waals surface area contributed by atoms with Gasteiger partial charge in [0.2, 0.25) is 5.91 Å². The minimum atomic E-state index is 0.139. The Kier molecular flexibility index (Phi) is 7.21. The van der Waals surface area contributed by atoms with Gasteiger partial charge in [-0.2, -0.15) is 0 Å². The quantitative estimate of drug-likeness (QED) is 0.621. The molecule has 2 atom stereocenters. The van der Waals surface area contributed by atoms with E-state index in [9.17, 15) is 4.79 Å². The van der Waals surface area contributed by atoms with Crippen LogP contribution in [0.2, 0.25) is 0 Å². The third-order valence-corrected chi connectivity index (χ3v) is 3.47. The van der Waals surface area contributed by atoms with E-state index in [2.05, 4.69) is 17.6 Å². The van der Waals surface area contributed by atoms with E-state index in [4.69, 9.17) is 5.11 Å². The lowest BCUT2D eigenvalue weighted by Crippen LogP contribution is -2.42. The number of aliphatic hydroxyl groups is 1. The molecule has 0 aromatic rings. The van der Waals surface area contributed by atoms with Crippen molar-refractivity contribution in [1.82, 2.24) is 10.6 Å². The molecule has 0 saturated carbocycles.